The van der Waals surface area contributed by atoms with Crippen LogP contribution in [0.4, 0.5) is 9.93 Å². The predicted octanol–water partition coefficient (Wildman–Crippen LogP) is 3.31. The molecule has 3 rings (SSSR count). The van der Waals surface area contributed by atoms with Gasteiger partial charge in [0, 0.05) is 36.5 Å². The van der Waals surface area contributed by atoms with Crippen molar-refractivity contribution in [3.05, 3.63) is 41.7 Å². The molecule has 0 saturated carbocycles. The number of carbonyl (C=O) groups is 1. The second-order valence-corrected chi connectivity index (χ2v) is 7.98. The lowest BCUT2D eigenvalue weighted by Crippen LogP contribution is -2.48. The summed E-state index contributed by atoms with van der Waals surface area (Å²) in [5.74, 6) is 0.747. The lowest BCUT2D eigenvalue weighted by atomic mass is 9.96. The molecule has 0 spiro atoms. The Labute approximate surface area is 152 Å². The fraction of sp³-hybridized carbons (Fsp3) is 0.500. The Bertz CT molecular complexity index is 711. The summed E-state index contributed by atoms with van der Waals surface area (Å²) in [6.45, 7) is 7.87. The molecule has 7 heteroatoms. The summed E-state index contributed by atoms with van der Waals surface area (Å²) in [6.07, 6.45) is 0.818. The zero-order valence-electron chi connectivity index (χ0n) is 14.9. The Balaban J connectivity index is 1.57. The summed E-state index contributed by atoms with van der Waals surface area (Å²) in [6, 6.07) is 10.1. The molecule has 0 aliphatic carbocycles. The van der Waals surface area contributed by atoms with Crippen molar-refractivity contribution in [1.82, 2.24) is 14.3 Å². The van der Waals surface area contributed by atoms with Gasteiger partial charge in [-0.05, 0) is 5.56 Å². The fourth-order valence-corrected chi connectivity index (χ4v) is 3.40. The number of rotatable bonds is 3. The molecule has 1 atom stereocenters. The summed E-state index contributed by atoms with van der Waals surface area (Å²) in [5.41, 5.74) is 1.09. The maximum absolute atomic E-state index is 12.5. The second kappa shape index (κ2) is 7.49. The topological polar surface area (TPSA) is 67.4 Å². The van der Waals surface area contributed by atoms with E-state index < -0.39 is 0 Å². The van der Waals surface area contributed by atoms with Crippen LogP contribution in [0, 0.1) is 0 Å². The molecule has 25 heavy (non-hydrogen) atoms. The van der Waals surface area contributed by atoms with Crippen molar-refractivity contribution in [2.24, 2.45) is 0 Å². The van der Waals surface area contributed by atoms with Crippen LogP contribution in [0.1, 0.15) is 32.2 Å². The molecule has 1 N–H and O–H groups in total. The molecule has 2 aromatic rings. The number of benzene rings is 1. The van der Waals surface area contributed by atoms with Crippen LogP contribution >= 0.6 is 11.5 Å². The normalized spacial score (nSPS) is 18.2. The van der Waals surface area contributed by atoms with Crippen molar-refractivity contribution in [1.29, 1.82) is 0 Å². The Hall–Kier alpha value is -1.99. The SMILES string of the molecule is CC(C)(C)c1nsc(NC(=O)N2CCOC(Cc3ccccc3)C2)n1. The number of morpholine rings is 1. The van der Waals surface area contributed by atoms with Gasteiger partial charge in [0.15, 0.2) is 0 Å². The zero-order valence-corrected chi connectivity index (χ0v) is 15.7. The summed E-state index contributed by atoms with van der Waals surface area (Å²) in [4.78, 5) is 18.7. The van der Waals surface area contributed by atoms with E-state index in [0.717, 1.165) is 12.2 Å². The third-order valence-corrected chi connectivity index (χ3v) is 4.67. The van der Waals surface area contributed by atoms with Crippen LogP contribution in [0.5, 0.6) is 0 Å². The minimum Gasteiger partial charge on any atom is -0.374 e. The van der Waals surface area contributed by atoms with E-state index in [1.807, 2.05) is 18.2 Å². The van der Waals surface area contributed by atoms with E-state index >= 15 is 0 Å². The summed E-state index contributed by atoms with van der Waals surface area (Å²) in [5, 5.41) is 3.41. The van der Waals surface area contributed by atoms with Crippen molar-refractivity contribution in [2.75, 3.05) is 25.0 Å². The molecule has 1 aromatic carbocycles. The van der Waals surface area contributed by atoms with Crippen LogP contribution < -0.4 is 5.32 Å². The molecule has 1 aliphatic heterocycles. The van der Waals surface area contributed by atoms with Crippen LogP contribution in [-0.4, -0.2) is 46.1 Å². The van der Waals surface area contributed by atoms with E-state index in [2.05, 4.69) is 47.6 Å². The maximum Gasteiger partial charge on any atom is 0.323 e. The molecule has 0 bridgehead atoms. The monoisotopic (exact) mass is 360 g/mol. The van der Waals surface area contributed by atoms with Crippen molar-refractivity contribution in [3.63, 3.8) is 0 Å². The number of nitrogens with one attached hydrogen (secondary N) is 1. The first kappa shape index (κ1) is 17.8. The Morgan fingerprint density at radius 1 is 1.36 bits per heavy atom. The minimum atomic E-state index is -0.141. The Kier molecular flexibility index (Phi) is 5.34. The summed E-state index contributed by atoms with van der Waals surface area (Å²) < 4.78 is 10.1. The van der Waals surface area contributed by atoms with Gasteiger partial charge in [-0.15, -0.1) is 0 Å². The smallest absolute Gasteiger partial charge is 0.323 e. The second-order valence-electron chi connectivity index (χ2n) is 7.23. The Morgan fingerprint density at radius 2 is 2.12 bits per heavy atom. The molecule has 6 nitrogen and oxygen atoms in total. The lowest BCUT2D eigenvalue weighted by molar-refractivity contribution is -0.0113. The van der Waals surface area contributed by atoms with Gasteiger partial charge in [0.25, 0.3) is 0 Å². The van der Waals surface area contributed by atoms with Crippen molar-refractivity contribution < 1.29 is 9.53 Å². The maximum atomic E-state index is 12.5. The first-order valence-electron chi connectivity index (χ1n) is 8.47. The zero-order chi connectivity index (χ0) is 17.9. The van der Waals surface area contributed by atoms with E-state index in [9.17, 15) is 4.79 Å². The number of nitrogens with zero attached hydrogens (tertiary/aromatic N) is 3. The number of urea groups is 1. The molecule has 134 valence electrons. The molecule has 1 unspecified atom stereocenters. The average molecular weight is 360 g/mol. The van der Waals surface area contributed by atoms with E-state index in [1.165, 1.54) is 17.1 Å². The van der Waals surface area contributed by atoms with Gasteiger partial charge in [0.1, 0.15) is 5.82 Å². The number of hydrogen-bond donors (Lipinski definition) is 1. The minimum absolute atomic E-state index is 0.0152. The van der Waals surface area contributed by atoms with E-state index in [-0.39, 0.29) is 17.6 Å². The average Bonchev–Trinajstić information content (AvgIpc) is 3.05. The molecule has 2 heterocycles. The largest absolute Gasteiger partial charge is 0.374 e. The molecule has 1 aromatic heterocycles. The van der Waals surface area contributed by atoms with Gasteiger partial charge in [-0.25, -0.2) is 9.78 Å². The van der Waals surface area contributed by atoms with E-state index in [0.29, 0.717) is 24.8 Å². The highest BCUT2D eigenvalue weighted by atomic mass is 32.1. The van der Waals surface area contributed by atoms with Gasteiger partial charge in [-0.1, -0.05) is 51.1 Å². The van der Waals surface area contributed by atoms with Gasteiger partial charge in [-0.3, -0.25) is 5.32 Å². The van der Waals surface area contributed by atoms with Crippen LogP contribution in [0.2, 0.25) is 0 Å². The highest BCUT2D eigenvalue weighted by Crippen LogP contribution is 2.23. The number of aromatic nitrogens is 2. The van der Waals surface area contributed by atoms with Crippen LogP contribution in [0.15, 0.2) is 30.3 Å². The summed E-state index contributed by atoms with van der Waals surface area (Å²) >= 11 is 1.22. The highest BCUT2D eigenvalue weighted by Gasteiger charge is 2.26. The van der Waals surface area contributed by atoms with E-state index in [4.69, 9.17) is 4.74 Å². The molecular weight excluding hydrogens is 336 g/mol. The quantitative estimate of drug-likeness (QED) is 0.912. The molecular formula is C18H24N4O2S. The predicted molar refractivity (Wildman–Crippen MR) is 99.1 cm³/mol. The third kappa shape index (κ3) is 4.76. The molecule has 0 radical (unpaired) electrons. The van der Waals surface area contributed by atoms with Crippen molar-refractivity contribution in [2.45, 2.75) is 38.7 Å². The molecule has 1 aliphatic rings. The van der Waals surface area contributed by atoms with E-state index in [1.54, 1.807) is 4.90 Å². The highest BCUT2D eigenvalue weighted by molar-refractivity contribution is 7.09. The number of amides is 2. The number of ether oxygens (including phenoxy) is 1. The van der Waals surface area contributed by atoms with Gasteiger partial charge >= 0.3 is 6.03 Å². The van der Waals surface area contributed by atoms with Crippen molar-refractivity contribution >= 4 is 22.7 Å². The lowest BCUT2D eigenvalue weighted by Gasteiger charge is -2.32. The Morgan fingerprint density at radius 3 is 2.80 bits per heavy atom. The molecule has 1 fully saturated rings. The van der Waals surface area contributed by atoms with Gasteiger partial charge in [0.2, 0.25) is 5.13 Å². The van der Waals surface area contributed by atoms with Gasteiger partial charge in [0.05, 0.1) is 12.7 Å². The first-order chi connectivity index (χ1) is 11.9. The van der Waals surface area contributed by atoms with Crippen LogP contribution in [0.3, 0.4) is 0 Å². The molecule has 2 amide bonds. The third-order valence-electron chi connectivity index (χ3n) is 4.04. The fourth-order valence-electron chi connectivity index (χ4n) is 2.65. The number of hydrogen-bond acceptors (Lipinski definition) is 5. The van der Waals surface area contributed by atoms with Crippen molar-refractivity contribution in [3.8, 4) is 0 Å². The first-order valence-corrected chi connectivity index (χ1v) is 9.25. The standard InChI is InChI=1S/C18H24N4O2S/c1-18(2,3)15-19-16(25-21-15)20-17(23)22-9-10-24-14(12-22)11-13-7-5-4-6-8-13/h4-8,14H,9-12H2,1-3H3,(H,19,20,21,23). The van der Waals surface area contributed by atoms with Gasteiger partial charge < -0.3 is 9.64 Å². The molecule has 1 saturated heterocycles. The summed E-state index contributed by atoms with van der Waals surface area (Å²) in [7, 11) is 0. The van der Waals surface area contributed by atoms with Gasteiger partial charge in [-0.2, -0.15) is 4.37 Å². The van der Waals surface area contributed by atoms with Crippen LogP contribution in [0.25, 0.3) is 0 Å². The van der Waals surface area contributed by atoms with Crippen LogP contribution in [-0.2, 0) is 16.6 Å². The number of carbonyl (C=O) groups excluding carboxylic acids is 1. The number of anilines is 1.